The first-order chi connectivity index (χ1) is 12.2. The lowest BCUT2D eigenvalue weighted by molar-refractivity contribution is 0.0774. The second kappa shape index (κ2) is 8.20. The third-order valence-corrected chi connectivity index (χ3v) is 4.90. The number of halogens is 1. The molecule has 0 spiro atoms. The van der Waals surface area contributed by atoms with E-state index in [9.17, 15) is 4.79 Å². The largest absolute Gasteiger partial charge is 0.381 e. The summed E-state index contributed by atoms with van der Waals surface area (Å²) in [4.78, 5) is 12.4. The average Bonchev–Trinajstić information content (AvgIpc) is 3.28. The van der Waals surface area contributed by atoms with E-state index in [1.807, 2.05) is 25.1 Å². The van der Waals surface area contributed by atoms with Gasteiger partial charge in [-0.05, 0) is 43.9 Å². The highest BCUT2D eigenvalue weighted by Crippen LogP contribution is 2.41. The molecule has 2 aliphatic rings. The van der Waals surface area contributed by atoms with Crippen LogP contribution in [0.1, 0.15) is 46.8 Å². The first-order valence-electron chi connectivity index (χ1n) is 8.87. The fraction of sp³-hybridized carbons (Fsp3) is 0.474. The molecule has 1 amide bonds. The zero-order valence-electron chi connectivity index (χ0n) is 14.7. The predicted molar refractivity (Wildman–Crippen MR) is 101 cm³/mol. The number of nitrogens with zero attached hydrogens (tertiary/aromatic N) is 1. The van der Waals surface area contributed by atoms with E-state index in [1.165, 1.54) is 5.56 Å². The number of rotatable bonds is 5. The fourth-order valence-electron chi connectivity index (χ4n) is 3.43. The molecular weight excluding hydrogens is 354 g/mol. The van der Waals surface area contributed by atoms with Crippen molar-refractivity contribution < 1.29 is 14.1 Å². The Morgan fingerprint density at radius 3 is 2.77 bits per heavy atom. The maximum absolute atomic E-state index is 12.4. The molecule has 1 saturated heterocycles. The molecule has 0 unspecified atom stereocenters. The highest BCUT2D eigenvalue weighted by atomic mass is 35.5. The number of aromatic nitrogens is 1. The van der Waals surface area contributed by atoms with E-state index in [4.69, 9.17) is 9.26 Å². The van der Waals surface area contributed by atoms with E-state index in [2.05, 4.69) is 21.9 Å². The summed E-state index contributed by atoms with van der Waals surface area (Å²) in [6.45, 7) is 3.52. The molecule has 1 aromatic carbocycles. The van der Waals surface area contributed by atoms with E-state index in [-0.39, 0.29) is 18.3 Å². The monoisotopic (exact) mass is 377 g/mol. The maximum Gasteiger partial charge on any atom is 0.258 e. The molecule has 0 bridgehead atoms. The first-order valence-corrected chi connectivity index (χ1v) is 8.87. The van der Waals surface area contributed by atoms with Gasteiger partial charge in [0.15, 0.2) is 0 Å². The Kier molecular flexibility index (Phi) is 5.96. The lowest BCUT2D eigenvalue weighted by Crippen LogP contribution is -2.36. The molecule has 140 valence electrons. The smallest absolute Gasteiger partial charge is 0.258 e. The van der Waals surface area contributed by atoms with Crippen molar-refractivity contribution >= 4 is 24.2 Å². The van der Waals surface area contributed by atoms with Gasteiger partial charge in [0.1, 0.15) is 0 Å². The van der Waals surface area contributed by atoms with Crippen LogP contribution < -0.4 is 10.6 Å². The van der Waals surface area contributed by atoms with E-state index in [1.54, 1.807) is 6.07 Å². The SMILES string of the molecule is Cc1cc(NC(=O)c2cccc([C@@H]3C[C@H]3NC3CCOCC3)c2)on1.Cl. The third kappa shape index (κ3) is 4.44. The summed E-state index contributed by atoms with van der Waals surface area (Å²) >= 11 is 0. The van der Waals surface area contributed by atoms with Crippen LogP contribution in [0.25, 0.3) is 0 Å². The quantitative estimate of drug-likeness (QED) is 0.836. The first kappa shape index (κ1) is 18.9. The Balaban J connectivity index is 0.00000196. The molecule has 26 heavy (non-hydrogen) atoms. The molecule has 2 heterocycles. The highest BCUT2D eigenvalue weighted by Gasteiger charge is 2.39. The van der Waals surface area contributed by atoms with Crippen LogP contribution in [-0.2, 0) is 4.74 Å². The minimum absolute atomic E-state index is 0. The molecule has 1 aromatic heterocycles. The topological polar surface area (TPSA) is 76.4 Å². The maximum atomic E-state index is 12.4. The van der Waals surface area contributed by atoms with Crippen molar-refractivity contribution in [1.82, 2.24) is 10.5 Å². The normalized spacial score (nSPS) is 22.5. The zero-order chi connectivity index (χ0) is 17.2. The summed E-state index contributed by atoms with van der Waals surface area (Å²) < 4.78 is 10.5. The number of nitrogens with one attached hydrogen (secondary N) is 2. The van der Waals surface area contributed by atoms with E-state index in [0.717, 1.165) is 38.2 Å². The molecule has 7 heteroatoms. The number of carbonyl (C=O) groups is 1. The summed E-state index contributed by atoms with van der Waals surface area (Å²) in [5.41, 5.74) is 2.60. The standard InChI is InChI=1S/C19H23N3O3.ClH/c1-12-9-18(25-22-12)21-19(23)14-4-2-3-13(10-14)16-11-17(16)20-15-5-7-24-8-6-15;/h2-4,9-10,15-17,20H,5-8,11H2,1H3,(H,21,23);1H/t16-,17+;/m0./s1. The van der Waals surface area contributed by atoms with Crippen molar-refractivity contribution in [2.24, 2.45) is 0 Å². The summed E-state index contributed by atoms with van der Waals surface area (Å²) in [7, 11) is 0. The van der Waals surface area contributed by atoms with Gasteiger partial charge in [-0.2, -0.15) is 0 Å². The van der Waals surface area contributed by atoms with Crippen LogP contribution in [0.2, 0.25) is 0 Å². The van der Waals surface area contributed by atoms with E-state index in [0.29, 0.717) is 29.4 Å². The summed E-state index contributed by atoms with van der Waals surface area (Å²) in [5.74, 6) is 0.689. The second-order valence-corrected chi connectivity index (χ2v) is 6.91. The Bertz CT molecular complexity index is 758. The van der Waals surface area contributed by atoms with Gasteiger partial charge in [-0.15, -0.1) is 12.4 Å². The van der Waals surface area contributed by atoms with Crippen molar-refractivity contribution in [3.8, 4) is 0 Å². The molecule has 2 fully saturated rings. The third-order valence-electron chi connectivity index (χ3n) is 4.90. The summed E-state index contributed by atoms with van der Waals surface area (Å²) in [6.07, 6.45) is 3.30. The summed E-state index contributed by atoms with van der Waals surface area (Å²) in [5, 5.41) is 10.3. The number of benzene rings is 1. The van der Waals surface area contributed by atoms with Crippen molar-refractivity contribution in [3.05, 3.63) is 47.2 Å². The second-order valence-electron chi connectivity index (χ2n) is 6.91. The number of aryl methyl sites for hydroxylation is 1. The van der Waals surface area contributed by atoms with Crippen LogP contribution in [0.15, 0.2) is 34.9 Å². The van der Waals surface area contributed by atoms with Gasteiger partial charge in [0.25, 0.3) is 5.91 Å². The number of amides is 1. The van der Waals surface area contributed by atoms with Crippen LogP contribution in [0.3, 0.4) is 0 Å². The number of ether oxygens (including phenoxy) is 1. The number of hydrogen-bond donors (Lipinski definition) is 2. The van der Waals surface area contributed by atoms with Crippen LogP contribution in [0, 0.1) is 6.92 Å². The molecule has 1 aliphatic heterocycles. The van der Waals surface area contributed by atoms with E-state index >= 15 is 0 Å². The number of hydrogen-bond acceptors (Lipinski definition) is 5. The van der Waals surface area contributed by atoms with Gasteiger partial charge < -0.3 is 14.6 Å². The van der Waals surface area contributed by atoms with Crippen molar-refractivity contribution in [3.63, 3.8) is 0 Å². The fourth-order valence-corrected chi connectivity index (χ4v) is 3.43. The van der Waals surface area contributed by atoms with Gasteiger partial charge in [-0.1, -0.05) is 17.3 Å². The molecule has 0 radical (unpaired) electrons. The Morgan fingerprint density at radius 2 is 2.04 bits per heavy atom. The molecule has 1 saturated carbocycles. The van der Waals surface area contributed by atoms with Gasteiger partial charge in [-0.3, -0.25) is 10.1 Å². The zero-order valence-corrected chi connectivity index (χ0v) is 15.6. The minimum atomic E-state index is -0.174. The van der Waals surface area contributed by atoms with Crippen LogP contribution in [0.4, 0.5) is 5.88 Å². The molecule has 1 aliphatic carbocycles. The average molecular weight is 378 g/mol. The van der Waals surface area contributed by atoms with Crippen molar-refractivity contribution in [1.29, 1.82) is 0 Å². The van der Waals surface area contributed by atoms with Gasteiger partial charge in [0.05, 0.1) is 5.69 Å². The van der Waals surface area contributed by atoms with Crippen LogP contribution in [0.5, 0.6) is 0 Å². The van der Waals surface area contributed by atoms with Crippen LogP contribution >= 0.6 is 12.4 Å². The Labute approximate surface area is 159 Å². The Morgan fingerprint density at radius 1 is 1.23 bits per heavy atom. The van der Waals surface area contributed by atoms with Crippen molar-refractivity contribution in [2.45, 2.75) is 44.2 Å². The van der Waals surface area contributed by atoms with E-state index < -0.39 is 0 Å². The molecule has 4 rings (SSSR count). The lowest BCUT2D eigenvalue weighted by atomic mass is 10.1. The van der Waals surface area contributed by atoms with Crippen molar-refractivity contribution in [2.75, 3.05) is 18.5 Å². The molecule has 2 aromatic rings. The van der Waals surface area contributed by atoms with Gasteiger partial charge >= 0.3 is 0 Å². The molecule has 2 atom stereocenters. The van der Waals surface area contributed by atoms with Crippen LogP contribution in [-0.4, -0.2) is 36.4 Å². The molecule has 2 N–H and O–H groups in total. The minimum Gasteiger partial charge on any atom is -0.381 e. The molecular formula is C19H24ClN3O3. The van der Waals surface area contributed by atoms with Gasteiger partial charge in [0, 0.05) is 42.8 Å². The molecule has 6 nitrogen and oxygen atoms in total. The van der Waals surface area contributed by atoms with Gasteiger partial charge in [-0.25, -0.2) is 0 Å². The number of carbonyl (C=O) groups excluding carboxylic acids is 1. The highest BCUT2D eigenvalue weighted by molar-refractivity contribution is 6.03. The lowest BCUT2D eigenvalue weighted by Gasteiger charge is -2.23. The predicted octanol–water partition coefficient (Wildman–Crippen LogP) is 3.28. The summed E-state index contributed by atoms with van der Waals surface area (Å²) in [6, 6.07) is 10.6. The number of anilines is 1. The Hall–Kier alpha value is -1.89. The van der Waals surface area contributed by atoms with Gasteiger partial charge in [0.2, 0.25) is 5.88 Å².